The Bertz CT molecular complexity index is 850. The third kappa shape index (κ3) is 3.90. The molecule has 0 aliphatic carbocycles. The Morgan fingerprint density at radius 3 is 2.61 bits per heavy atom. The number of aliphatic hydroxyl groups excluding tert-OH is 2. The molecule has 2 aliphatic rings. The van der Waals surface area contributed by atoms with Crippen LogP contribution in [0, 0.1) is 12.7 Å². The van der Waals surface area contributed by atoms with Crippen LogP contribution in [-0.2, 0) is 0 Å². The van der Waals surface area contributed by atoms with Crippen molar-refractivity contribution in [2.75, 3.05) is 19.6 Å². The van der Waals surface area contributed by atoms with E-state index in [1.54, 1.807) is 18.2 Å². The minimum Gasteiger partial charge on any atom is -0.487 e. The van der Waals surface area contributed by atoms with Gasteiger partial charge in [-0.15, -0.1) is 0 Å². The summed E-state index contributed by atoms with van der Waals surface area (Å²) in [6.07, 6.45) is 0.868. The second-order valence-electron chi connectivity index (χ2n) is 8.01. The monoisotopic (exact) mass is 405 g/mol. The first-order valence-corrected chi connectivity index (χ1v) is 10.1. The number of aryl methyl sites for hydroxylation is 1. The minimum atomic E-state index is -0.655. The summed E-state index contributed by atoms with van der Waals surface area (Å²) in [5.74, 6) is 0.418. The molecule has 2 aromatic rings. The molecule has 2 aromatic carbocycles. The van der Waals surface area contributed by atoms with E-state index in [2.05, 4.69) is 4.90 Å². The van der Waals surface area contributed by atoms with Gasteiger partial charge in [-0.05, 0) is 55.2 Å². The van der Waals surface area contributed by atoms with E-state index in [9.17, 15) is 14.6 Å². The van der Waals surface area contributed by atoms with Gasteiger partial charge in [-0.3, -0.25) is 0 Å². The molecule has 0 saturated carbocycles. The fourth-order valence-corrected chi connectivity index (χ4v) is 4.41. The first kappa shape index (κ1) is 19.6. The fourth-order valence-electron chi connectivity index (χ4n) is 4.24. The second kappa shape index (κ2) is 7.64. The van der Waals surface area contributed by atoms with Gasteiger partial charge in [-0.25, -0.2) is 4.39 Å². The summed E-state index contributed by atoms with van der Waals surface area (Å²) >= 11 is 6.20. The fraction of sp³-hybridized carbons (Fsp3) is 0.455. The van der Waals surface area contributed by atoms with Gasteiger partial charge in [0.1, 0.15) is 17.2 Å². The Labute approximate surface area is 169 Å². The van der Waals surface area contributed by atoms with Crippen molar-refractivity contribution in [2.45, 2.75) is 44.0 Å². The molecule has 0 radical (unpaired) electrons. The highest BCUT2D eigenvalue weighted by atomic mass is 35.5. The molecule has 0 bridgehead atoms. The zero-order valence-electron chi connectivity index (χ0n) is 15.9. The van der Waals surface area contributed by atoms with Crippen molar-refractivity contribution in [3.05, 3.63) is 63.9 Å². The van der Waals surface area contributed by atoms with Gasteiger partial charge < -0.3 is 19.8 Å². The summed E-state index contributed by atoms with van der Waals surface area (Å²) in [4.78, 5) is 2.19. The minimum absolute atomic E-state index is 0.305. The van der Waals surface area contributed by atoms with Gasteiger partial charge >= 0.3 is 0 Å². The molecule has 0 aromatic heterocycles. The van der Waals surface area contributed by atoms with E-state index >= 15 is 0 Å². The summed E-state index contributed by atoms with van der Waals surface area (Å²) < 4.78 is 19.4. The number of piperidine rings is 1. The number of hydrogen-bond donors (Lipinski definition) is 2. The molecule has 4 rings (SSSR count). The van der Waals surface area contributed by atoms with Crippen molar-refractivity contribution in [1.29, 1.82) is 0 Å². The molecule has 2 atom stereocenters. The molecule has 2 heterocycles. The summed E-state index contributed by atoms with van der Waals surface area (Å²) in [5, 5.41) is 21.7. The van der Waals surface area contributed by atoms with Crippen LogP contribution in [0.3, 0.4) is 0 Å². The Balaban J connectivity index is 1.41. The van der Waals surface area contributed by atoms with Crippen LogP contribution in [-0.4, -0.2) is 40.3 Å². The van der Waals surface area contributed by atoms with E-state index in [0.29, 0.717) is 23.6 Å². The van der Waals surface area contributed by atoms with Crippen LogP contribution >= 0.6 is 11.6 Å². The Morgan fingerprint density at radius 2 is 1.93 bits per heavy atom. The number of aliphatic hydroxyl groups is 2. The molecule has 28 heavy (non-hydrogen) atoms. The smallest absolute Gasteiger partial charge is 0.126 e. The van der Waals surface area contributed by atoms with E-state index in [0.717, 1.165) is 42.8 Å². The van der Waals surface area contributed by atoms with Gasteiger partial charge in [0.15, 0.2) is 0 Å². The molecule has 150 valence electrons. The predicted molar refractivity (Wildman–Crippen MR) is 106 cm³/mol. The van der Waals surface area contributed by atoms with Gasteiger partial charge in [0.05, 0.1) is 12.2 Å². The average Bonchev–Trinajstić information content (AvgIpc) is 2.66. The number of β-amino-alcohol motifs (C(OH)–C–C–N with tert-alkyl or cyclic N) is 1. The largest absolute Gasteiger partial charge is 0.487 e. The highest BCUT2D eigenvalue weighted by Gasteiger charge is 2.43. The molecule has 2 N–H and O–H groups in total. The molecule has 1 fully saturated rings. The average molecular weight is 406 g/mol. The van der Waals surface area contributed by atoms with E-state index < -0.39 is 12.2 Å². The molecular weight excluding hydrogens is 381 g/mol. The van der Waals surface area contributed by atoms with Crippen molar-refractivity contribution < 1.29 is 19.3 Å². The number of benzene rings is 2. The maximum Gasteiger partial charge on any atom is 0.126 e. The Hall–Kier alpha value is -1.66. The van der Waals surface area contributed by atoms with E-state index in [1.165, 1.54) is 12.1 Å². The molecule has 6 heteroatoms. The lowest BCUT2D eigenvalue weighted by molar-refractivity contribution is -0.0588. The molecule has 0 amide bonds. The predicted octanol–water partition coefficient (Wildman–Crippen LogP) is 4.17. The number of nitrogens with zero attached hydrogens (tertiary/aromatic N) is 1. The van der Waals surface area contributed by atoms with Crippen LogP contribution in [0.25, 0.3) is 0 Å². The molecule has 4 nitrogen and oxygen atoms in total. The van der Waals surface area contributed by atoms with Crippen molar-refractivity contribution in [3.63, 3.8) is 0 Å². The van der Waals surface area contributed by atoms with E-state index in [-0.39, 0.29) is 11.4 Å². The van der Waals surface area contributed by atoms with Crippen molar-refractivity contribution >= 4 is 11.6 Å². The summed E-state index contributed by atoms with van der Waals surface area (Å²) in [6.45, 7) is 3.97. The SMILES string of the molecule is Cc1cc2c(cc1Cl)[C@H](O)CC1(CCN(C[C@@H](O)c3ccc(F)cc3)CC1)O2. The zero-order valence-corrected chi connectivity index (χ0v) is 16.6. The van der Waals surface area contributed by atoms with Crippen LogP contribution in [0.5, 0.6) is 5.75 Å². The molecule has 2 aliphatic heterocycles. The van der Waals surface area contributed by atoms with Crippen LogP contribution in [0.2, 0.25) is 5.02 Å². The molecule has 0 unspecified atom stereocenters. The number of rotatable bonds is 3. The van der Waals surface area contributed by atoms with E-state index in [1.807, 2.05) is 13.0 Å². The Kier molecular flexibility index (Phi) is 5.36. The van der Waals surface area contributed by atoms with Gasteiger partial charge in [-0.2, -0.15) is 0 Å². The highest BCUT2D eigenvalue weighted by Crippen LogP contribution is 2.45. The lowest BCUT2D eigenvalue weighted by Gasteiger charge is -2.46. The topological polar surface area (TPSA) is 52.9 Å². The van der Waals surface area contributed by atoms with Crippen molar-refractivity contribution in [1.82, 2.24) is 4.90 Å². The Morgan fingerprint density at radius 1 is 1.25 bits per heavy atom. The molecule has 1 saturated heterocycles. The van der Waals surface area contributed by atoms with Crippen LogP contribution < -0.4 is 4.74 Å². The van der Waals surface area contributed by atoms with Gasteiger partial charge in [0, 0.05) is 36.6 Å². The maximum absolute atomic E-state index is 13.1. The van der Waals surface area contributed by atoms with E-state index in [4.69, 9.17) is 16.3 Å². The third-order valence-corrected chi connectivity index (χ3v) is 6.40. The summed E-state index contributed by atoms with van der Waals surface area (Å²) in [6, 6.07) is 9.69. The molecular formula is C22H25ClFNO3. The third-order valence-electron chi connectivity index (χ3n) is 6.00. The number of ether oxygens (including phenoxy) is 1. The van der Waals surface area contributed by atoms with Crippen LogP contribution in [0.4, 0.5) is 4.39 Å². The maximum atomic E-state index is 13.1. The summed E-state index contributed by atoms with van der Waals surface area (Å²) in [5.41, 5.74) is 2.02. The highest BCUT2D eigenvalue weighted by molar-refractivity contribution is 6.31. The van der Waals surface area contributed by atoms with Gasteiger partial charge in [0.2, 0.25) is 0 Å². The van der Waals surface area contributed by atoms with Gasteiger partial charge in [0.25, 0.3) is 0 Å². The lowest BCUT2D eigenvalue weighted by Crippen LogP contribution is -2.51. The number of hydrogen-bond acceptors (Lipinski definition) is 4. The number of likely N-dealkylation sites (tertiary alicyclic amines) is 1. The van der Waals surface area contributed by atoms with Crippen LogP contribution in [0.15, 0.2) is 36.4 Å². The summed E-state index contributed by atoms with van der Waals surface area (Å²) in [7, 11) is 0. The standard InChI is InChI=1S/C22H25ClFNO3/c1-14-10-21-17(11-18(14)23)19(26)12-22(28-21)6-8-25(9-7-22)13-20(27)15-2-4-16(24)5-3-15/h2-5,10-11,19-20,26-27H,6-9,12-13H2,1H3/t19-,20-/m1/s1. The quantitative estimate of drug-likeness (QED) is 0.804. The van der Waals surface area contributed by atoms with Crippen molar-refractivity contribution in [2.24, 2.45) is 0 Å². The van der Waals surface area contributed by atoms with Crippen LogP contribution in [0.1, 0.15) is 48.2 Å². The number of halogens is 2. The van der Waals surface area contributed by atoms with Crippen molar-refractivity contribution in [3.8, 4) is 5.75 Å². The second-order valence-corrected chi connectivity index (χ2v) is 8.42. The first-order chi connectivity index (χ1) is 13.3. The first-order valence-electron chi connectivity index (χ1n) is 9.68. The number of fused-ring (bicyclic) bond motifs is 1. The zero-order chi connectivity index (χ0) is 19.9. The molecule has 1 spiro atoms. The van der Waals surface area contributed by atoms with Gasteiger partial charge in [-0.1, -0.05) is 23.7 Å². The lowest BCUT2D eigenvalue weighted by atomic mass is 9.81. The normalized spacial score (nSPS) is 22.5.